The third-order valence-corrected chi connectivity index (χ3v) is 5.48. The van der Waals surface area contributed by atoms with Gasteiger partial charge >= 0.3 is 0 Å². The molecule has 2 N–H and O–H groups in total. The highest BCUT2D eigenvalue weighted by molar-refractivity contribution is 7.89. The van der Waals surface area contributed by atoms with Crippen molar-refractivity contribution in [2.75, 3.05) is 13.1 Å². The molecular weight excluding hydrogens is 330 g/mol. The molecule has 1 aromatic rings. The maximum atomic E-state index is 12.6. The van der Waals surface area contributed by atoms with Gasteiger partial charge in [-0.1, -0.05) is 6.07 Å². The van der Waals surface area contributed by atoms with Crippen LogP contribution in [0, 0.1) is 24.0 Å². The molecule has 7 nitrogen and oxygen atoms in total. The van der Waals surface area contributed by atoms with E-state index < -0.39 is 14.9 Å². The zero-order valence-corrected chi connectivity index (χ0v) is 14.1. The van der Waals surface area contributed by atoms with E-state index in [0.29, 0.717) is 24.0 Å². The van der Waals surface area contributed by atoms with Crippen molar-refractivity contribution in [2.24, 2.45) is 0 Å². The van der Waals surface area contributed by atoms with Gasteiger partial charge in [0, 0.05) is 12.1 Å². The second-order valence-electron chi connectivity index (χ2n) is 5.26. The Bertz CT molecular complexity index is 657. The summed E-state index contributed by atoms with van der Waals surface area (Å²) >= 11 is 0. The average Bonchev–Trinajstić information content (AvgIpc) is 2.41. The number of nitro benzene ring substituents is 1. The summed E-state index contributed by atoms with van der Waals surface area (Å²) in [4.78, 5) is 10.3. The Morgan fingerprint density at radius 2 is 1.86 bits per heavy atom. The van der Waals surface area contributed by atoms with Crippen LogP contribution in [-0.2, 0) is 10.0 Å². The molecule has 2 rings (SSSR count). The van der Waals surface area contributed by atoms with Gasteiger partial charge in [-0.15, -0.1) is 12.4 Å². The van der Waals surface area contributed by atoms with Crippen molar-refractivity contribution in [3.05, 3.63) is 33.4 Å². The molecule has 0 amide bonds. The van der Waals surface area contributed by atoms with Crippen molar-refractivity contribution in [3.63, 3.8) is 0 Å². The number of sulfonamides is 1. The molecule has 9 heteroatoms. The molecule has 1 fully saturated rings. The zero-order valence-electron chi connectivity index (χ0n) is 12.5. The van der Waals surface area contributed by atoms with E-state index in [0.717, 1.165) is 13.1 Å². The monoisotopic (exact) mass is 349 g/mol. The molecule has 124 valence electrons. The maximum absolute atomic E-state index is 12.6. The van der Waals surface area contributed by atoms with Gasteiger partial charge in [0.25, 0.3) is 5.69 Å². The Labute approximate surface area is 136 Å². The second-order valence-corrected chi connectivity index (χ2v) is 6.91. The number of nitro groups is 1. The minimum absolute atomic E-state index is 0. The first kappa shape index (κ1) is 18.8. The highest BCUT2D eigenvalue weighted by atomic mass is 35.5. The van der Waals surface area contributed by atoms with Gasteiger partial charge in [0.05, 0.1) is 4.92 Å². The van der Waals surface area contributed by atoms with E-state index in [-0.39, 0.29) is 29.0 Å². The molecule has 0 bridgehead atoms. The number of nitrogens with one attached hydrogen (secondary N) is 2. The molecule has 0 radical (unpaired) electrons. The lowest BCUT2D eigenvalue weighted by Gasteiger charge is -2.24. The number of halogens is 1. The molecular formula is C13H20ClN3O4S. The van der Waals surface area contributed by atoms with Crippen LogP contribution in [0.1, 0.15) is 24.0 Å². The van der Waals surface area contributed by atoms with E-state index in [1.165, 1.54) is 6.07 Å². The van der Waals surface area contributed by atoms with Crippen molar-refractivity contribution >= 4 is 28.1 Å². The number of hydrogen-bond donors (Lipinski definition) is 2. The topological polar surface area (TPSA) is 101 Å². The summed E-state index contributed by atoms with van der Waals surface area (Å²) in [6.45, 7) is 4.81. The fourth-order valence-corrected chi connectivity index (χ4v) is 4.25. The van der Waals surface area contributed by atoms with Crippen molar-refractivity contribution in [3.8, 4) is 0 Å². The van der Waals surface area contributed by atoms with Crippen LogP contribution in [0.4, 0.5) is 5.69 Å². The van der Waals surface area contributed by atoms with Gasteiger partial charge in [0.15, 0.2) is 4.90 Å². The molecule has 0 atom stereocenters. The maximum Gasteiger partial charge on any atom is 0.289 e. The van der Waals surface area contributed by atoms with Crippen LogP contribution in [0.3, 0.4) is 0 Å². The molecule has 0 unspecified atom stereocenters. The van der Waals surface area contributed by atoms with E-state index in [1.54, 1.807) is 19.9 Å². The summed E-state index contributed by atoms with van der Waals surface area (Å²) < 4.78 is 27.7. The lowest BCUT2D eigenvalue weighted by atomic mass is 10.1. The summed E-state index contributed by atoms with van der Waals surface area (Å²) in [7, 11) is -3.91. The van der Waals surface area contributed by atoms with Gasteiger partial charge in [0.1, 0.15) is 0 Å². The smallest absolute Gasteiger partial charge is 0.289 e. The van der Waals surface area contributed by atoms with E-state index in [9.17, 15) is 18.5 Å². The van der Waals surface area contributed by atoms with Crippen molar-refractivity contribution in [2.45, 2.75) is 37.6 Å². The van der Waals surface area contributed by atoms with Crippen molar-refractivity contribution in [1.29, 1.82) is 0 Å². The summed E-state index contributed by atoms with van der Waals surface area (Å²) in [5, 5.41) is 14.3. The molecule has 0 aromatic heterocycles. The first-order valence-electron chi connectivity index (χ1n) is 6.80. The highest BCUT2D eigenvalue weighted by Crippen LogP contribution is 2.29. The number of hydrogen-bond acceptors (Lipinski definition) is 5. The van der Waals surface area contributed by atoms with Crippen molar-refractivity contribution in [1.82, 2.24) is 10.0 Å². The average molecular weight is 350 g/mol. The predicted molar refractivity (Wildman–Crippen MR) is 86.0 cm³/mol. The molecule has 0 spiro atoms. The molecule has 1 saturated heterocycles. The summed E-state index contributed by atoms with van der Waals surface area (Å²) in [5.41, 5.74) is 0.761. The Morgan fingerprint density at radius 3 is 2.41 bits per heavy atom. The van der Waals surface area contributed by atoms with E-state index in [4.69, 9.17) is 0 Å². The van der Waals surface area contributed by atoms with E-state index in [1.807, 2.05) is 0 Å². The summed E-state index contributed by atoms with van der Waals surface area (Å²) in [5.74, 6) is 0. The fourth-order valence-electron chi connectivity index (χ4n) is 2.48. The predicted octanol–water partition coefficient (Wildman–Crippen LogP) is 1.66. The fraction of sp³-hybridized carbons (Fsp3) is 0.538. The zero-order chi connectivity index (χ0) is 15.6. The third kappa shape index (κ3) is 3.95. The van der Waals surface area contributed by atoms with Crippen LogP contribution < -0.4 is 10.0 Å². The minimum Gasteiger partial charge on any atom is -0.317 e. The number of aryl methyl sites for hydroxylation is 1. The number of piperidine rings is 1. The van der Waals surface area contributed by atoms with Gasteiger partial charge in [0.2, 0.25) is 10.0 Å². The first-order valence-corrected chi connectivity index (χ1v) is 8.29. The van der Waals surface area contributed by atoms with Crippen LogP contribution in [0.15, 0.2) is 17.0 Å². The van der Waals surface area contributed by atoms with Gasteiger partial charge in [-0.25, -0.2) is 13.1 Å². The van der Waals surface area contributed by atoms with Crippen LogP contribution in [0.25, 0.3) is 0 Å². The highest BCUT2D eigenvalue weighted by Gasteiger charge is 2.31. The molecule has 1 aliphatic heterocycles. The Hall–Kier alpha value is -1.22. The van der Waals surface area contributed by atoms with E-state index >= 15 is 0 Å². The lowest BCUT2D eigenvalue weighted by Crippen LogP contribution is -2.42. The Kier molecular flexibility index (Phi) is 6.30. The quantitative estimate of drug-likeness (QED) is 0.636. The summed E-state index contributed by atoms with van der Waals surface area (Å²) in [6, 6.07) is 2.63. The molecule has 0 saturated carbocycles. The molecule has 22 heavy (non-hydrogen) atoms. The minimum atomic E-state index is -3.91. The standard InChI is InChI=1S/C13H19N3O4S.ClH/c1-9-3-4-12(16(17)18)13(10(9)2)21(19,20)15-11-5-7-14-8-6-11;/h3-4,11,14-15H,5-8H2,1-2H3;1H. The number of nitrogens with zero attached hydrogens (tertiary/aromatic N) is 1. The summed E-state index contributed by atoms with van der Waals surface area (Å²) in [6.07, 6.45) is 1.36. The van der Waals surface area contributed by atoms with Crippen LogP contribution >= 0.6 is 12.4 Å². The first-order chi connectivity index (χ1) is 9.83. The SMILES string of the molecule is Cc1ccc([N+](=O)[O-])c(S(=O)(=O)NC2CCNCC2)c1C.Cl. The van der Waals surface area contributed by atoms with Crippen LogP contribution in [-0.4, -0.2) is 32.5 Å². The Balaban J connectivity index is 0.00000242. The van der Waals surface area contributed by atoms with Gasteiger partial charge in [-0.2, -0.15) is 0 Å². The van der Waals surface area contributed by atoms with Crippen LogP contribution in [0.5, 0.6) is 0 Å². The number of rotatable bonds is 4. The van der Waals surface area contributed by atoms with Crippen molar-refractivity contribution < 1.29 is 13.3 Å². The lowest BCUT2D eigenvalue weighted by molar-refractivity contribution is -0.387. The van der Waals surface area contributed by atoms with Crippen LogP contribution in [0.2, 0.25) is 0 Å². The number of benzene rings is 1. The second kappa shape index (κ2) is 7.36. The molecule has 1 aliphatic rings. The van der Waals surface area contributed by atoms with Gasteiger partial charge in [-0.05, 0) is 50.9 Å². The normalized spacial score (nSPS) is 16.1. The van der Waals surface area contributed by atoms with Gasteiger partial charge < -0.3 is 5.32 Å². The molecule has 0 aliphatic carbocycles. The third-order valence-electron chi connectivity index (χ3n) is 3.78. The van der Waals surface area contributed by atoms with E-state index in [2.05, 4.69) is 10.0 Å². The van der Waals surface area contributed by atoms with Gasteiger partial charge in [-0.3, -0.25) is 10.1 Å². The Morgan fingerprint density at radius 1 is 1.27 bits per heavy atom. The molecule has 1 aromatic carbocycles. The largest absolute Gasteiger partial charge is 0.317 e. The molecule has 1 heterocycles.